The molecule has 0 saturated heterocycles. The molecule has 0 saturated carbocycles. The quantitative estimate of drug-likeness (QED) is 0.426. The summed E-state index contributed by atoms with van der Waals surface area (Å²) in [5.41, 5.74) is 11.9. The first-order chi connectivity index (χ1) is 7.65. The van der Waals surface area contributed by atoms with E-state index in [9.17, 15) is 0 Å². The van der Waals surface area contributed by atoms with Crippen LogP contribution in [0.5, 0.6) is 0 Å². The van der Waals surface area contributed by atoms with Gasteiger partial charge < -0.3 is 21.3 Å². The highest BCUT2D eigenvalue weighted by Gasteiger charge is 2.06. The molecule has 0 rings (SSSR count). The summed E-state index contributed by atoms with van der Waals surface area (Å²) in [6, 6.07) is 0. The van der Waals surface area contributed by atoms with E-state index in [0.717, 1.165) is 18.4 Å². The van der Waals surface area contributed by atoms with E-state index in [2.05, 4.69) is 6.58 Å². The van der Waals surface area contributed by atoms with Gasteiger partial charge in [-0.15, -0.1) is 0 Å². The molecule has 0 heterocycles. The van der Waals surface area contributed by atoms with Crippen LogP contribution in [0.15, 0.2) is 36.3 Å². The molecule has 1 unspecified atom stereocenters. The Morgan fingerprint density at radius 2 is 2.25 bits per heavy atom. The third kappa shape index (κ3) is 6.27. The Morgan fingerprint density at radius 3 is 2.69 bits per heavy atom. The number of rotatable bonds is 8. The van der Waals surface area contributed by atoms with Crippen LogP contribution in [0.1, 0.15) is 19.8 Å². The monoisotopic (exact) mass is 226 g/mol. The lowest BCUT2D eigenvalue weighted by molar-refractivity contribution is 0.0860. The molecule has 0 aliphatic carbocycles. The molecular formula is C12H22N2O2. The van der Waals surface area contributed by atoms with Crippen molar-refractivity contribution >= 4 is 0 Å². The first-order valence-electron chi connectivity index (χ1n) is 5.40. The van der Waals surface area contributed by atoms with Crippen LogP contribution in [0.4, 0.5) is 0 Å². The van der Waals surface area contributed by atoms with Crippen LogP contribution in [-0.4, -0.2) is 24.4 Å². The van der Waals surface area contributed by atoms with Crippen LogP contribution < -0.4 is 11.5 Å². The highest BCUT2D eigenvalue weighted by molar-refractivity contribution is 5.28. The Kier molecular flexibility index (Phi) is 8.29. The van der Waals surface area contributed by atoms with Gasteiger partial charge in [0, 0.05) is 6.20 Å². The van der Waals surface area contributed by atoms with E-state index in [0.29, 0.717) is 12.3 Å². The molecule has 0 aromatic carbocycles. The molecule has 1 atom stereocenters. The molecule has 4 heteroatoms. The van der Waals surface area contributed by atoms with Crippen molar-refractivity contribution in [3.05, 3.63) is 36.3 Å². The Morgan fingerprint density at radius 1 is 1.56 bits per heavy atom. The normalized spacial score (nSPS) is 14.7. The number of aliphatic hydroxyl groups excluding tert-OH is 1. The SMILES string of the molecule is C=C/C=C(CCCN)\C(=C/N)OCC(C)O. The summed E-state index contributed by atoms with van der Waals surface area (Å²) in [5.74, 6) is 0.578. The molecule has 0 aliphatic heterocycles. The number of hydrogen-bond donors (Lipinski definition) is 3. The highest BCUT2D eigenvalue weighted by atomic mass is 16.5. The second kappa shape index (κ2) is 9.00. The number of nitrogens with two attached hydrogens (primary N) is 2. The third-order valence-electron chi connectivity index (χ3n) is 1.92. The van der Waals surface area contributed by atoms with Crippen LogP contribution in [0.25, 0.3) is 0 Å². The molecule has 4 nitrogen and oxygen atoms in total. The van der Waals surface area contributed by atoms with E-state index < -0.39 is 6.10 Å². The van der Waals surface area contributed by atoms with Gasteiger partial charge >= 0.3 is 0 Å². The fraction of sp³-hybridized carbons (Fsp3) is 0.500. The molecule has 0 bridgehead atoms. The van der Waals surface area contributed by atoms with Crippen LogP contribution in [-0.2, 0) is 4.74 Å². The van der Waals surface area contributed by atoms with Crippen molar-refractivity contribution in [2.45, 2.75) is 25.9 Å². The minimum atomic E-state index is -0.519. The van der Waals surface area contributed by atoms with E-state index in [1.807, 2.05) is 6.08 Å². The average Bonchev–Trinajstić information content (AvgIpc) is 2.26. The van der Waals surface area contributed by atoms with Crippen LogP contribution in [0.3, 0.4) is 0 Å². The van der Waals surface area contributed by atoms with Gasteiger partial charge in [0.05, 0.1) is 6.10 Å². The standard InChI is InChI=1S/C12H22N2O2/c1-3-5-11(6-4-7-13)12(8-14)16-9-10(2)15/h3,5,8,10,15H,1,4,6-7,9,13-14H2,2H3/b11-5-,12-8+. The summed E-state index contributed by atoms with van der Waals surface area (Å²) in [6.07, 6.45) is 6.04. The maximum absolute atomic E-state index is 9.13. The molecule has 16 heavy (non-hydrogen) atoms. The number of hydrogen-bond acceptors (Lipinski definition) is 4. The van der Waals surface area contributed by atoms with Gasteiger partial charge in [-0.1, -0.05) is 18.7 Å². The van der Waals surface area contributed by atoms with E-state index in [-0.39, 0.29) is 6.61 Å². The molecule has 0 radical (unpaired) electrons. The lowest BCUT2D eigenvalue weighted by atomic mass is 10.1. The predicted molar refractivity (Wildman–Crippen MR) is 66.5 cm³/mol. The lowest BCUT2D eigenvalue weighted by Crippen LogP contribution is -2.12. The molecule has 5 N–H and O–H groups in total. The summed E-state index contributed by atoms with van der Waals surface area (Å²) in [6.45, 7) is 6.13. The summed E-state index contributed by atoms with van der Waals surface area (Å²) in [7, 11) is 0. The van der Waals surface area contributed by atoms with Gasteiger partial charge in [0.15, 0.2) is 0 Å². The summed E-state index contributed by atoms with van der Waals surface area (Å²) in [5, 5.41) is 9.13. The topological polar surface area (TPSA) is 81.5 Å². The van der Waals surface area contributed by atoms with Crippen molar-refractivity contribution in [2.75, 3.05) is 13.2 Å². The highest BCUT2D eigenvalue weighted by Crippen LogP contribution is 2.16. The van der Waals surface area contributed by atoms with Gasteiger partial charge in [0.25, 0.3) is 0 Å². The molecule has 0 fully saturated rings. The van der Waals surface area contributed by atoms with E-state index in [1.165, 1.54) is 6.20 Å². The van der Waals surface area contributed by atoms with Crippen molar-refractivity contribution in [3.8, 4) is 0 Å². The second-order valence-electron chi connectivity index (χ2n) is 3.51. The van der Waals surface area contributed by atoms with Gasteiger partial charge in [0.2, 0.25) is 0 Å². The summed E-state index contributed by atoms with van der Waals surface area (Å²) >= 11 is 0. The average molecular weight is 226 g/mol. The molecule has 0 aliphatic rings. The second-order valence-corrected chi connectivity index (χ2v) is 3.51. The largest absolute Gasteiger partial charge is 0.489 e. The van der Waals surface area contributed by atoms with Gasteiger partial charge in [-0.05, 0) is 31.9 Å². The smallest absolute Gasteiger partial charge is 0.138 e. The molecule has 0 aromatic rings. The first kappa shape index (κ1) is 14.7. The summed E-state index contributed by atoms with van der Waals surface area (Å²) < 4.78 is 5.39. The van der Waals surface area contributed by atoms with E-state index in [4.69, 9.17) is 21.3 Å². The van der Waals surface area contributed by atoms with E-state index >= 15 is 0 Å². The Hall–Kier alpha value is -1.26. The van der Waals surface area contributed by atoms with Crippen LogP contribution >= 0.6 is 0 Å². The molecule has 0 spiro atoms. The third-order valence-corrected chi connectivity index (χ3v) is 1.92. The minimum absolute atomic E-state index is 0.222. The molecule has 0 aromatic heterocycles. The van der Waals surface area contributed by atoms with Gasteiger partial charge in [-0.3, -0.25) is 0 Å². The first-order valence-corrected chi connectivity index (χ1v) is 5.40. The van der Waals surface area contributed by atoms with Crippen molar-refractivity contribution in [2.24, 2.45) is 11.5 Å². The Bertz CT molecular complexity index is 258. The fourth-order valence-electron chi connectivity index (χ4n) is 1.18. The summed E-state index contributed by atoms with van der Waals surface area (Å²) in [4.78, 5) is 0. The zero-order valence-electron chi connectivity index (χ0n) is 9.86. The van der Waals surface area contributed by atoms with Crippen molar-refractivity contribution in [3.63, 3.8) is 0 Å². The minimum Gasteiger partial charge on any atom is -0.489 e. The Balaban J connectivity index is 4.47. The van der Waals surface area contributed by atoms with Crippen molar-refractivity contribution in [1.82, 2.24) is 0 Å². The zero-order valence-corrected chi connectivity index (χ0v) is 9.86. The maximum Gasteiger partial charge on any atom is 0.138 e. The zero-order chi connectivity index (χ0) is 12.4. The molecule has 0 amide bonds. The molecular weight excluding hydrogens is 204 g/mol. The number of aliphatic hydroxyl groups is 1. The van der Waals surface area contributed by atoms with Gasteiger partial charge in [-0.25, -0.2) is 0 Å². The lowest BCUT2D eigenvalue weighted by Gasteiger charge is -2.14. The van der Waals surface area contributed by atoms with Crippen LogP contribution in [0, 0.1) is 0 Å². The Labute approximate surface area is 97.3 Å². The van der Waals surface area contributed by atoms with Gasteiger partial charge in [0.1, 0.15) is 12.4 Å². The molecule has 92 valence electrons. The van der Waals surface area contributed by atoms with Gasteiger partial charge in [-0.2, -0.15) is 0 Å². The van der Waals surface area contributed by atoms with Crippen molar-refractivity contribution in [1.29, 1.82) is 0 Å². The van der Waals surface area contributed by atoms with Crippen molar-refractivity contribution < 1.29 is 9.84 Å². The fourth-order valence-corrected chi connectivity index (χ4v) is 1.18. The maximum atomic E-state index is 9.13. The predicted octanol–water partition coefficient (Wildman–Crippen LogP) is 1.04. The number of allylic oxidation sites excluding steroid dienone is 3. The van der Waals surface area contributed by atoms with E-state index in [1.54, 1.807) is 13.0 Å². The number of ether oxygens (including phenoxy) is 1. The van der Waals surface area contributed by atoms with Crippen LogP contribution in [0.2, 0.25) is 0 Å².